The minimum atomic E-state index is 0.812. The number of benzene rings is 2. The van der Waals surface area contributed by atoms with Gasteiger partial charge in [-0.3, -0.25) is 0 Å². The summed E-state index contributed by atoms with van der Waals surface area (Å²) in [5, 5.41) is 12.9. The Morgan fingerprint density at radius 2 is 1.77 bits per heavy atom. The van der Waals surface area contributed by atoms with E-state index in [0.717, 1.165) is 16.6 Å². The van der Waals surface area contributed by atoms with Crippen LogP contribution in [0.4, 0.5) is 0 Å². The highest BCUT2D eigenvalue weighted by atomic mass is 32.2. The molecule has 112 valence electrons. The quantitative estimate of drug-likeness (QED) is 0.686. The normalized spacial score (nSPS) is 10.9. The molecule has 0 fully saturated rings. The number of hydrogen-bond donors (Lipinski definition) is 0. The molecule has 1 aromatic heterocycles. The van der Waals surface area contributed by atoms with E-state index in [2.05, 4.69) is 78.8 Å². The van der Waals surface area contributed by atoms with E-state index in [-0.39, 0.29) is 0 Å². The van der Waals surface area contributed by atoms with Crippen molar-refractivity contribution in [2.75, 3.05) is 0 Å². The Morgan fingerprint density at radius 3 is 2.55 bits per heavy atom. The van der Waals surface area contributed by atoms with Crippen LogP contribution in [-0.2, 0) is 5.75 Å². The van der Waals surface area contributed by atoms with E-state index in [9.17, 15) is 0 Å². The Hall–Kier alpha value is -2.14. The Balaban J connectivity index is 1.83. The fourth-order valence-electron chi connectivity index (χ4n) is 2.20. The number of hydrogen-bond acceptors (Lipinski definition) is 4. The lowest BCUT2D eigenvalue weighted by atomic mass is 10.1. The molecule has 1 heterocycles. The predicted molar refractivity (Wildman–Crippen MR) is 89.4 cm³/mol. The Bertz CT molecular complexity index is 795. The molecule has 0 spiro atoms. The highest BCUT2D eigenvalue weighted by molar-refractivity contribution is 7.98. The Labute approximate surface area is 134 Å². The van der Waals surface area contributed by atoms with Gasteiger partial charge in [0.1, 0.15) is 0 Å². The molecule has 0 atom stereocenters. The zero-order chi connectivity index (χ0) is 15.5. The third-order valence-electron chi connectivity index (χ3n) is 3.79. The van der Waals surface area contributed by atoms with Crippen molar-refractivity contribution in [3.05, 3.63) is 64.7 Å². The average Bonchev–Trinajstić information content (AvgIpc) is 2.98. The zero-order valence-electron chi connectivity index (χ0n) is 12.9. The summed E-state index contributed by atoms with van der Waals surface area (Å²) in [6.07, 6.45) is 0. The van der Waals surface area contributed by atoms with Gasteiger partial charge >= 0.3 is 0 Å². The third kappa shape index (κ3) is 3.04. The molecule has 0 aliphatic carbocycles. The minimum absolute atomic E-state index is 0.812. The number of nitrogens with zero attached hydrogens (tertiary/aromatic N) is 4. The van der Waals surface area contributed by atoms with Gasteiger partial charge in [-0.1, -0.05) is 42.1 Å². The van der Waals surface area contributed by atoms with Crippen LogP contribution in [0.1, 0.15) is 22.3 Å². The summed E-state index contributed by atoms with van der Waals surface area (Å²) in [7, 11) is 0. The molecule has 0 unspecified atom stereocenters. The standard InChI is InChI=1S/C17H18N4S/c1-12-8-9-16(10-14(12)3)21-17(18-19-20-21)22-11-15-7-5-4-6-13(15)2/h4-10H,11H2,1-3H3. The van der Waals surface area contributed by atoms with E-state index in [1.807, 2.05) is 0 Å². The first-order valence-corrected chi connectivity index (χ1v) is 8.17. The molecule has 0 bridgehead atoms. The summed E-state index contributed by atoms with van der Waals surface area (Å²) in [4.78, 5) is 0. The first-order valence-electron chi connectivity index (χ1n) is 7.18. The number of tetrazole rings is 1. The first-order chi connectivity index (χ1) is 10.6. The lowest BCUT2D eigenvalue weighted by Crippen LogP contribution is -2.00. The van der Waals surface area contributed by atoms with E-state index >= 15 is 0 Å². The van der Waals surface area contributed by atoms with Crippen LogP contribution in [0.25, 0.3) is 5.69 Å². The van der Waals surface area contributed by atoms with E-state index in [4.69, 9.17) is 0 Å². The second-order valence-corrected chi connectivity index (χ2v) is 6.30. The lowest BCUT2D eigenvalue weighted by molar-refractivity contribution is 0.755. The molecule has 2 aromatic carbocycles. The van der Waals surface area contributed by atoms with Gasteiger partial charge in [0.05, 0.1) is 5.69 Å². The maximum Gasteiger partial charge on any atom is 0.214 e. The molecule has 0 N–H and O–H groups in total. The van der Waals surface area contributed by atoms with Crippen molar-refractivity contribution < 1.29 is 0 Å². The van der Waals surface area contributed by atoms with Crippen LogP contribution >= 0.6 is 11.8 Å². The van der Waals surface area contributed by atoms with Crippen molar-refractivity contribution in [3.8, 4) is 5.69 Å². The van der Waals surface area contributed by atoms with E-state index in [0.29, 0.717) is 0 Å². The van der Waals surface area contributed by atoms with Crippen LogP contribution in [0, 0.1) is 20.8 Å². The van der Waals surface area contributed by atoms with Gasteiger partial charge in [-0.05, 0) is 65.6 Å². The van der Waals surface area contributed by atoms with Gasteiger partial charge in [0, 0.05) is 5.75 Å². The predicted octanol–water partition coefficient (Wildman–Crippen LogP) is 3.88. The van der Waals surface area contributed by atoms with Crippen LogP contribution < -0.4 is 0 Å². The molecule has 0 radical (unpaired) electrons. The summed E-state index contributed by atoms with van der Waals surface area (Å²) < 4.78 is 1.80. The van der Waals surface area contributed by atoms with E-state index in [1.165, 1.54) is 22.3 Å². The summed E-state index contributed by atoms with van der Waals surface area (Å²) in [5.74, 6) is 0.859. The maximum absolute atomic E-state index is 4.15. The van der Waals surface area contributed by atoms with Crippen LogP contribution in [-0.4, -0.2) is 20.2 Å². The smallest absolute Gasteiger partial charge is 0.187 e. The Kier molecular flexibility index (Phi) is 4.24. The monoisotopic (exact) mass is 310 g/mol. The van der Waals surface area contributed by atoms with Crippen molar-refractivity contribution >= 4 is 11.8 Å². The topological polar surface area (TPSA) is 43.6 Å². The molecule has 3 aromatic rings. The van der Waals surface area contributed by atoms with Gasteiger partial charge in [0.15, 0.2) is 0 Å². The molecule has 3 rings (SSSR count). The highest BCUT2D eigenvalue weighted by Crippen LogP contribution is 2.24. The minimum Gasteiger partial charge on any atom is -0.187 e. The molecule has 0 aliphatic rings. The Morgan fingerprint density at radius 1 is 0.955 bits per heavy atom. The second-order valence-electron chi connectivity index (χ2n) is 5.36. The number of rotatable bonds is 4. The van der Waals surface area contributed by atoms with Gasteiger partial charge in [-0.25, -0.2) is 0 Å². The van der Waals surface area contributed by atoms with Crippen LogP contribution in [0.5, 0.6) is 0 Å². The fraction of sp³-hybridized carbons (Fsp3) is 0.235. The van der Waals surface area contributed by atoms with Crippen LogP contribution in [0.15, 0.2) is 47.6 Å². The molecule has 0 saturated carbocycles. The summed E-state index contributed by atoms with van der Waals surface area (Å²) in [6, 6.07) is 14.7. The van der Waals surface area contributed by atoms with Gasteiger partial charge in [0.25, 0.3) is 0 Å². The van der Waals surface area contributed by atoms with Crippen LogP contribution in [0.3, 0.4) is 0 Å². The third-order valence-corrected chi connectivity index (χ3v) is 4.76. The molecule has 0 saturated heterocycles. The maximum atomic E-state index is 4.15. The van der Waals surface area contributed by atoms with Gasteiger partial charge < -0.3 is 0 Å². The van der Waals surface area contributed by atoms with Crippen molar-refractivity contribution in [1.29, 1.82) is 0 Å². The second kappa shape index (κ2) is 6.32. The van der Waals surface area contributed by atoms with Crippen molar-refractivity contribution in [2.45, 2.75) is 31.7 Å². The SMILES string of the molecule is Cc1ccc(-n2nnnc2SCc2ccccc2C)cc1C. The summed E-state index contributed by atoms with van der Waals surface area (Å²) in [6.45, 7) is 6.33. The number of aryl methyl sites for hydroxylation is 3. The van der Waals surface area contributed by atoms with Crippen LogP contribution in [0.2, 0.25) is 0 Å². The molecular formula is C17H18N4S. The molecule has 5 heteroatoms. The van der Waals surface area contributed by atoms with Crippen molar-refractivity contribution in [3.63, 3.8) is 0 Å². The molecule has 4 nitrogen and oxygen atoms in total. The molecule has 22 heavy (non-hydrogen) atoms. The summed E-state index contributed by atoms with van der Waals surface area (Å²) >= 11 is 1.65. The lowest BCUT2D eigenvalue weighted by Gasteiger charge is -2.08. The van der Waals surface area contributed by atoms with Gasteiger partial charge in [-0.2, -0.15) is 4.68 Å². The largest absolute Gasteiger partial charge is 0.214 e. The number of aromatic nitrogens is 4. The van der Waals surface area contributed by atoms with Crippen molar-refractivity contribution in [2.24, 2.45) is 0 Å². The zero-order valence-corrected chi connectivity index (χ0v) is 13.8. The average molecular weight is 310 g/mol. The van der Waals surface area contributed by atoms with E-state index < -0.39 is 0 Å². The molecule has 0 aliphatic heterocycles. The molecular weight excluding hydrogens is 292 g/mol. The van der Waals surface area contributed by atoms with E-state index in [1.54, 1.807) is 16.4 Å². The summed E-state index contributed by atoms with van der Waals surface area (Å²) in [5.41, 5.74) is 6.11. The number of thioether (sulfide) groups is 1. The van der Waals surface area contributed by atoms with Gasteiger partial charge in [-0.15, -0.1) is 5.10 Å². The van der Waals surface area contributed by atoms with Gasteiger partial charge in [0.2, 0.25) is 5.16 Å². The van der Waals surface area contributed by atoms with Crippen molar-refractivity contribution in [1.82, 2.24) is 20.2 Å². The molecule has 0 amide bonds. The fourth-order valence-corrected chi connectivity index (χ4v) is 3.17. The first kappa shape index (κ1) is 14.8. The highest BCUT2D eigenvalue weighted by Gasteiger charge is 2.10.